The molecule has 0 N–H and O–H groups in total. The van der Waals surface area contributed by atoms with Crippen LogP contribution in [0.2, 0.25) is 0 Å². The number of carbonyl (C=O) groups is 1. The number of halogens is 2. The van der Waals surface area contributed by atoms with E-state index in [9.17, 15) is 4.79 Å². The van der Waals surface area contributed by atoms with Gasteiger partial charge in [0.2, 0.25) is 0 Å². The van der Waals surface area contributed by atoms with E-state index in [1.54, 1.807) is 12.2 Å². The van der Waals surface area contributed by atoms with Crippen molar-refractivity contribution >= 4 is 29.0 Å². The summed E-state index contributed by atoms with van der Waals surface area (Å²) < 4.78 is 0. The molecule has 0 aromatic carbocycles. The SMILES string of the molecule is O=C(C=CCCl)C=CCCl. The minimum atomic E-state index is -0.0821. The molecule has 0 saturated carbocycles. The van der Waals surface area contributed by atoms with Crippen molar-refractivity contribution in [2.45, 2.75) is 0 Å². The van der Waals surface area contributed by atoms with Crippen molar-refractivity contribution < 1.29 is 4.79 Å². The van der Waals surface area contributed by atoms with Crippen molar-refractivity contribution in [2.24, 2.45) is 0 Å². The van der Waals surface area contributed by atoms with Gasteiger partial charge in [-0.1, -0.05) is 12.2 Å². The second kappa shape index (κ2) is 6.84. The summed E-state index contributed by atoms with van der Waals surface area (Å²) in [5.74, 6) is 0.641. The quantitative estimate of drug-likeness (QED) is 0.477. The van der Waals surface area contributed by atoms with Crippen LogP contribution in [0, 0.1) is 0 Å². The Hall–Kier alpha value is -0.270. The number of hydrogen-bond donors (Lipinski definition) is 0. The maximum absolute atomic E-state index is 10.7. The van der Waals surface area contributed by atoms with Crippen LogP contribution >= 0.6 is 23.2 Å². The Balaban J connectivity index is 3.63. The normalized spacial score (nSPS) is 11.4. The number of hydrogen-bond acceptors (Lipinski definition) is 1. The van der Waals surface area contributed by atoms with Gasteiger partial charge in [0.15, 0.2) is 5.78 Å². The molecule has 0 aliphatic carbocycles. The molecule has 56 valence electrons. The van der Waals surface area contributed by atoms with Gasteiger partial charge in [-0.05, 0) is 12.2 Å². The van der Waals surface area contributed by atoms with E-state index < -0.39 is 0 Å². The van der Waals surface area contributed by atoms with Crippen LogP contribution in [0.15, 0.2) is 24.3 Å². The molecular formula is C7H8Cl2O. The highest BCUT2D eigenvalue weighted by Gasteiger charge is 1.84. The Morgan fingerprint density at radius 3 is 1.80 bits per heavy atom. The van der Waals surface area contributed by atoms with Crippen LogP contribution in [0.3, 0.4) is 0 Å². The molecule has 0 aliphatic rings. The highest BCUT2D eigenvalue weighted by molar-refractivity contribution is 6.19. The van der Waals surface area contributed by atoms with E-state index in [0.29, 0.717) is 11.8 Å². The first-order valence-electron chi connectivity index (χ1n) is 2.80. The Kier molecular flexibility index (Phi) is 6.66. The van der Waals surface area contributed by atoms with Crippen LogP contribution in [-0.2, 0) is 4.79 Å². The fraction of sp³-hybridized carbons (Fsp3) is 0.286. The molecule has 1 nitrogen and oxygen atoms in total. The molecule has 10 heavy (non-hydrogen) atoms. The van der Waals surface area contributed by atoms with Crippen molar-refractivity contribution in [1.29, 1.82) is 0 Å². The van der Waals surface area contributed by atoms with Gasteiger partial charge in [0.05, 0.1) is 0 Å². The zero-order valence-corrected chi connectivity index (χ0v) is 6.90. The fourth-order valence-electron chi connectivity index (χ4n) is 0.377. The lowest BCUT2D eigenvalue weighted by Gasteiger charge is -1.79. The summed E-state index contributed by atoms with van der Waals surface area (Å²) in [6.45, 7) is 0. The summed E-state index contributed by atoms with van der Waals surface area (Å²) in [4.78, 5) is 10.7. The monoisotopic (exact) mass is 178 g/mol. The average molecular weight is 179 g/mol. The van der Waals surface area contributed by atoms with Crippen LogP contribution in [0.5, 0.6) is 0 Å². The van der Waals surface area contributed by atoms with Gasteiger partial charge in [-0.15, -0.1) is 23.2 Å². The van der Waals surface area contributed by atoms with Gasteiger partial charge in [-0.2, -0.15) is 0 Å². The summed E-state index contributed by atoms with van der Waals surface area (Å²) in [6, 6.07) is 0. The zero-order valence-electron chi connectivity index (χ0n) is 5.39. The summed E-state index contributed by atoms with van der Waals surface area (Å²) >= 11 is 10.6. The lowest BCUT2D eigenvalue weighted by Crippen LogP contribution is -1.84. The lowest BCUT2D eigenvalue weighted by atomic mass is 10.3. The van der Waals surface area contributed by atoms with E-state index in [1.807, 2.05) is 0 Å². The number of ketones is 1. The topological polar surface area (TPSA) is 17.1 Å². The molecule has 0 aliphatic heterocycles. The molecule has 0 bridgehead atoms. The van der Waals surface area contributed by atoms with Gasteiger partial charge in [0.1, 0.15) is 0 Å². The first kappa shape index (κ1) is 9.73. The largest absolute Gasteiger partial charge is 0.290 e. The van der Waals surface area contributed by atoms with Gasteiger partial charge >= 0.3 is 0 Å². The van der Waals surface area contributed by atoms with E-state index in [1.165, 1.54) is 12.2 Å². The van der Waals surface area contributed by atoms with Crippen molar-refractivity contribution in [3.8, 4) is 0 Å². The second-order valence-electron chi connectivity index (χ2n) is 1.52. The molecule has 0 saturated heterocycles. The average Bonchev–Trinajstić information content (AvgIpc) is 1.97. The summed E-state index contributed by atoms with van der Waals surface area (Å²) in [5, 5.41) is 0. The maximum atomic E-state index is 10.7. The Morgan fingerprint density at radius 2 is 1.50 bits per heavy atom. The van der Waals surface area contributed by atoms with Gasteiger partial charge in [0.25, 0.3) is 0 Å². The minimum absolute atomic E-state index is 0.0821. The molecule has 0 amide bonds. The number of alkyl halides is 2. The molecule has 0 aromatic rings. The molecule has 0 spiro atoms. The van der Waals surface area contributed by atoms with Gasteiger partial charge in [-0.25, -0.2) is 0 Å². The maximum Gasteiger partial charge on any atom is 0.178 e. The summed E-state index contributed by atoms with van der Waals surface area (Å²) in [7, 11) is 0. The molecule has 0 aromatic heterocycles. The number of carbonyl (C=O) groups excluding carboxylic acids is 1. The standard InChI is InChI=1S/C7H8Cl2O/c8-5-1-3-7(10)4-2-6-9/h1-4H,5-6H2. The molecule has 0 rings (SSSR count). The van der Waals surface area contributed by atoms with Crippen LogP contribution < -0.4 is 0 Å². The smallest absolute Gasteiger partial charge is 0.178 e. The third kappa shape index (κ3) is 5.86. The summed E-state index contributed by atoms with van der Waals surface area (Å²) in [5.41, 5.74) is 0. The Bertz CT molecular complexity index is 134. The van der Waals surface area contributed by atoms with E-state index in [-0.39, 0.29) is 5.78 Å². The first-order chi connectivity index (χ1) is 4.81. The molecular weight excluding hydrogens is 171 g/mol. The molecule has 0 heterocycles. The van der Waals surface area contributed by atoms with Crippen LogP contribution in [0.4, 0.5) is 0 Å². The predicted octanol–water partition coefficient (Wildman–Crippen LogP) is 2.15. The van der Waals surface area contributed by atoms with Crippen LogP contribution in [-0.4, -0.2) is 17.5 Å². The minimum Gasteiger partial charge on any atom is -0.290 e. The highest BCUT2D eigenvalue weighted by Crippen LogP contribution is 1.84. The molecule has 0 fully saturated rings. The Labute approximate surface area is 70.3 Å². The van der Waals surface area contributed by atoms with Gasteiger partial charge < -0.3 is 0 Å². The van der Waals surface area contributed by atoms with Crippen molar-refractivity contribution in [3.05, 3.63) is 24.3 Å². The van der Waals surface area contributed by atoms with E-state index in [4.69, 9.17) is 23.2 Å². The first-order valence-corrected chi connectivity index (χ1v) is 3.87. The predicted molar refractivity (Wildman–Crippen MR) is 44.7 cm³/mol. The van der Waals surface area contributed by atoms with E-state index in [2.05, 4.69) is 0 Å². The Morgan fingerprint density at radius 1 is 1.10 bits per heavy atom. The van der Waals surface area contributed by atoms with Gasteiger partial charge in [-0.3, -0.25) is 4.79 Å². The van der Waals surface area contributed by atoms with E-state index in [0.717, 1.165) is 0 Å². The fourth-order valence-corrected chi connectivity index (χ4v) is 0.555. The van der Waals surface area contributed by atoms with E-state index >= 15 is 0 Å². The summed E-state index contributed by atoms with van der Waals surface area (Å²) in [6.07, 6.45) is 6.00. The van der Waals surface area contributed by atoms with Crippen LogP contribution in [0.1, 0.15) is 0 Å². The van der Waals surface area contributed by atoms with Crippen molar-refractivity contribution in [2.75, 3.05) is 11.8 Å². The highest BCUT2D eigenvalue weighted by atomic mass is 35.5. The number of rotatable bonds is 4. The van der Waals surface area contributed by atoms with Gasteiger partial charge in [0, 0.05) is 11.8 Å². The third-order valence-corrected chi connectivity index (χ3v) is 1.10. The van der Waals surface area contributed by atoms with Crippen molar-refractivity contribution in [3.63, 3.8) is 0 Å². The molecule has 0 unspecified atom stereocenters. The number of allylic oxidation sites excluding steroid dienone is 4. The molecule has 0 radical (unpaired) electrons. The van der Waals surface area contributed by atoms with Crippen LogP contribution in [0.25, 0.3) is 0 Å². The lowest BCUT2D eigenvalue weighted by molar-refractivity contribution is -0.110. The van der Waals surface area contributed by atoms with Crippen molar-refractivity contribution in [1.82, 2.24) is 0 Å². The third-order valence-electron chi connectivity index (χ3n) is 0.742. The molecule has 3 heteroatoms. The zero-order chi connectivity index (χ0) is 7.82. The second-order valence-corrected chi connectivity index (χ2v) is 2.13. The molecule has 0 atom stereocenters.